The van der Waals surface area contributed by atoms with Crippen molar-refractivity contribution < 1.29 is 19.1 Å². The molecule has 0 aliphatic heterocycles. The van der Waals surface area contributed by atoms with Crippen molar-refractivity contribution in [3.63, 3.8) is 0 Å². The van der Waals surface area contributed by atoms with E-state index in [2.05, 4.69) is 5.32 Å². The number of carbonyl (C=O) groups excluding carboxylic acids is 3. The molecule has 0 heterocycles. The van der Waals surface area contributed by atoms with Crippen LogP contribution >= 0.6 is 0 Å². The highest BCUT2D eigenvalue weighted by Crippen LogP contribution is 2.16. The van der Waals surface area contributed by atoms with Gasteiger partial charge < -0.3 is 15.0 Å². The minimum atomic E-state index is -0.548. The molecule has 0 unspecified atom stereocenters. The molecule has 0 fully saturated rings. The third-order valence-electron chi connectivity index (χ3n) is 4.63. The molecule has 2 amide bonds. The van der Waals surface area contributed by atoms with Crippen LogP contribution in [0.5, 0.6) is 0 Å². The van der Waals surface area contributed by atoms with Gasteiger partial charge in [0.2, 0.25) is 0 Å². The van der Waals surface area contributed by atoms with Gasteiger partial charge in [-0.15, -0.1) is 0 Å². The van der Waals surface area contributed by atoms with Crippen molar-refractivity contribution >= 4 is 23.5 Å². The summed E-state index contributed by atoms with van der Waals surface area (Å²) < 4.78 is 5.22. The second kappa shape index (κ2) is 10.2. The number of anilines is 1. The number of rotatable bonds is 7. The van der Waals surface area contributed by atoms with E-state index in [1.807, 2.05) is 42.5 Å². The number of amides is 2. The molecule has 6 nitrogen and oxygen atoms in total. The summed E-state index contributed by atoms with van der Waals surface area (Å²) in [7, 11) is 3.34. The highest BCUT2D eigenvalue weighted by atomic mass is 16.5. The lowest BCUT2D eigenvalue weighted by Crippen LogP contribution is -2.22. The van der Waals surface area contributed by atoms with Gasteiger partial charge in [-0.3, -0.25) is 9.59 Å². The van der Waals surface area contributed by atoms with E-state index in [1.165, 1.54) is 4.90 Å². The molecule has 0 bridgehead atoms. The molecule has 0 aliphatic rings. The van der Waals surface area contributed by atoms with Gasteiger partial charge in [-0.2, -0.15) is 0 Å². The molecule has 1 N–H and O–H groups in total. The molecule has 0 saturated carbocycles. The lowest BCUT2D eigenvalue weighted by Gasteiger charge is -2.12. The molecular weight excluding hydrogens is 392 g/mol. The molecule has 0 radical (unpaired) electrons. The van der Waals surface area contributed by atoms with E-state index in [9.17, 15) is 14.4 Å². The number of hydrogen-bond acceptors (Lipinski definition) is 4. The zero-order chi connectivity index (χ0) is 22.2. The Hall–Kier alpha value is -3.93. The van der Waals surface area contributed by atoms with Gasteiger partial charge in [-0.1, -0.05) is 48.5 Å². The van der Waals surface area contributed by atoms with E-state index < -0.39 is 18.5 Å². The number of nitrogens with zero attached hydrogens (tertiary/aromatic N) is 1. The summed E-state index contributed by atoms with van der Waals surface area (Å²) in [6.45, 7) is -0.406. The van der Waals surface area contributed by atoms with Crippen LogP contribution in [0.15, 0.2) is 78.9 Å². The first-order chi connectivity index (χ1) is 14.9. The summed E-state index contributed by atoms with van der Waals surface area (Å²) in [5.74, 6) is -1.13. The standard InChI is InChI=1S/C25H24N2O4/c1-27(2)24(29)19-12-14-21(15-13-19)26-23(28)17-31-25(30)22-11-7-6-10-20(22)16-18-8-4-3-5-9-18/h3-15H,16-17H2,1-2H3,(H,26,28). The van der Waals surface area contributed by atoms with Gasteiger partial charge in [0.05, 0.1) is 5.56 Å². The molecule has 3 rings (SSSR count). The van der Waals surface area contributed by atoms with Gasteiger partial charge in [0.15, 0.2) is 6.61 Å². The fourth-order valence-electron chi connectivity index (χ4n) is 3.05. The van der Waals surface area contributed by atoms with Crippen molar-refractivity contribution in [2.24, 2.45) is 0 Å². The van der Waals surface area contributed by atoms with Gasteiger partial charge in [0, 0.05) is 25.3 Å². The van der Waals surface area contributed by atoms with E-state index in [0.717, 1.165) is 11.1 Å². The van der Waals surface area contributed by atoms with Crippen LogP contribution in [0, 0.1) is 0 Å². The first kappa shape index (κ1) is 21.8. The summed E-state index contributed by atoms with van der Waals surface area (Å²) >= 11 is 0. The Morgan fingerprint density at radius 2 is 1.48 bits per heavy atom. The Kier molecular flexibility index (Phi) is 7.17. The van der Waals surface area contributed by atoms with Gasteiger partial charge >= 0.3 is 5.97 Å². The third-order valence-corrected chi connectivity index (χ3v) is 4.63. The monoisotopic (exact) mass is 416 g/mol. The second-order valence-corrected chi connectivity index (χ2v) is 7.22. The number of nitrogens with one attached hydrogen (secondary N) is 1. The lowest BCUT2D eigenvalue weighted by atomic mass is 10.00. The lowest BCUT2D eigenvalue weighted by molar-refractivity contribution is -0.119. The smallest absolute Gasteiger partial charge is 0.338 e. The number of benzene rings is 3. The van der Waals surface area contributed by atoms with Gasteiger partial charge in [0.1, 0.15) is 0 Å². The average Bonchev–Trinajstić information content (AvgIpc) is 2.78. The molecule has 0 aromatic heterocycles. The minimum absolute atomic E-state index is 0.124. The molecule has 0 spiro atoms. The van der Waals surface area contributed by atoms with Crippen molar-refractivity contribution in [3.05, 3.63) is 101 Å². The van der Waals surface area contributed by atoms with Crippen LogP contribution in [0.4, 0.5) is 5.69 Å². The van der Waals surface area contributed by atoms with E-state index in [-0.39, 0.29) is 5.91 Å². The molecule has 6 heteroatoms. The van der Waals surface area contributed by atoms with Gasteiger partial charge in [0.25, 0.3) is 11.8 Å². The largest absolute Gasteiger partial charge is 0.452 e. The third kappa shape index (κ3) is 6.02. The first-order valence-corrected chi connectivity index (χ1v) is 9.84. The second-order valence-electron chi connectivity index (χ2n) is 7.22. The number of carbonyl (C=O) groups is 3. The van der Waals surface area contributed by atoms with Crippen LogP contribution in [0.3, 0.4) is 0 Å². The number of hydrogen-bond donors (Lipinski definition) is 1. The van der Waals surface area contributed by atoms with Crippen LogP contribution in [0.25, 0.3) is 0 Å². The molecule has 158 valence electrons. The number of esters is 1. The maximum Gasteiger partial charge on any atom is 0.338 e. The van der Waals surface area contributed by atoms with Crippen LogP contribution in [-0.4, -0.2) is 43.4 Å². The highest BCUT2D eigenvalue weighted by molar-refractivity contribution is 5.97. The molecular formula is C25H24N2O4. The van der Waals surface area contributed by atoms with E-state index in [0.29, 0.717) is 23.2 Å². The summed E-state index contributed by atoms with van der Waals surface area (Å²) in [4.78, 5) is 38.1. The maximum atomic E-state index is 12.6. The Morgan fingerprint density at radius 3 is 2.16 bits per heavy atom. The van der Waals surface area contributed by atoms with E-state index >= 15 is 0 Å². The van der Waals surface area contributed by atoms with Crippen molar-refractivity contribution in [1.82, 2.24) is 4.90 Å². The van der Waals surface area contributed by atoms with Gasteiger partial charge in [-0.05, 0) is 47.9 Å². The summed E-state index contributed by atoms with van der Waals surface area (Å²) in [5.41, 5.74) is 3.38. The van der Waals surface area contributed by atoms with Crippen molar-refractivity contribution in [1.29, 1.82) is 0 Å². The maximum absolute atomic E-state index is 12.6. The van der Waals surface area contributed by atoms with Crippen LogP contribution in [0.1, 0.15) is 31.8 Å². The molecule has 0 aliphatic carbocycles. The summed E-state index contributed by atoms with van der Waals surface area (Å²) in [5, 5.41) is 2.66. The summed E-state index contributed by atoms with van der Waals surface area (Å²) in [6.07, 6.45) is 0.594. The minimum Gasteiger partial charge on any atom is -0.452 e. The Labute approximate surface area is 181 Å². The zero-order valence-electron chi connectivity index (χ0n) is 17.5. The first-order valence-electron chi connectivity index (χ1n) is 9.84. The quantitative estimate of drug-likeness (QED) is 0.595. The molecule has 0 saturated heterocycles. The fraction of sp³-hybridized carbons (Fsp3) is 0.160. The average molecular weight is 416 g/mol. The van der Waals surface area contributed by atoms with E-state index in [4.69, 9.17) is 4.74 Å². The molecule has 3 aromatic carbocycles. The summed E-state index contributed by atoms with van der Waals surface area (Å²) in [6, 6.07) is 23.5. The Balaban J connectivity index is 1.57. The predicted octanol–water partition coefficient (Wildman–Crippen LogP) is 3.77. The fourth-order valence-corrected chi connectivity index (χ4v) is 3.05. The topological polar surface area (TPSA) is 75.7 Å². The highest BCUT2D eigenvalue weighted by Gasteiger charge is 2.15. The van der Waals surface area contributed by atoms with E-state index in [1.54, 1.807) is 50.5 Å². The molecule has 3 aromatic rings. The van der Waals surface area contributed by atoms with Gasteiger partial charge in [-0.25, -0.2) is 4.79 Å². The Morgan fingerprint density at radius 1 is 0.839 bits per heavy atom. The Bertz CT molecular complexity index is 1060. The zero-order valence-corrected chi connectivity index (χ0v) is 17.5. The molecule has 0 atom stereocenters. The normalized spacial score (nSPS) is 10.3. The SMILES string of the molecule is CN(C)C(=O)c1ccc(NC(=O)COC(=O)c2ccccc2Cc2ccccc2)cc1. The van der Waals surface area contributed by atoms with Crippen molar-refractivity contribution in [2.45, 2.75) is 6.42 Å². The van der Waals surface area contributed by atoms with Crippen molar-refractivity contribution in [2.75, 3.05) is 26.0 Å². The predicted molar refractivity (Wildman–Crippen MR) is 119 cm³/mol. The number of ether oxygens (including phenoxy) is 1. The van der Waals surface area contributed by atoms with Crippen LogP contribution in [-0.2, 0) is 16.0 Å². The van der Waals surface area contributed by atoms with Crippen LogP contribution < -0.4 is 5.32 Å². The van der Waals surface area contributed by atoms with Crippen LogP contribution in [0.2, 0.25) is 0 Å². The van der Waals surface area contributed by atoms with Crippen molar-refractivity contribution in [3.8, 4) is 0 Å². The molecule has 31 heavy (non-hydrogen) atoms.